The fourth-order valence-corrected chi connectivity index (χ4v) is 0.594. The summed E-state index contributed by atoms with van der Waals surface area (Å²) in [6, 6.07) is 0. The molecule has 0 N–H and O–H groups in total. The first-order chi connectivity index (χ1) is 4.73. The van der Waals surface area contributed by atoms with E-state index in [4.69, 9.17) is 0 Å². The molecule has 0 aromatic carbocycles. The maximum Gasteiger partial charge on any atom is 0.461 e. The van der Waals surface area contributed by atoms with E-state index in [1.807, 2.05) is 0 Å². The molecule has 0 radical (unpaired) electrons. The minimum absolute atomic E-state index is 1.01. The molecule has 0 aliphatic rings. The first-order valence-electron chi connectivity index (χ1n) is 2.27. The molecule has 0 fully saturated rings. The van der Waals surface area contributed by atoms with Crippen LogP contribution < -0.4 is 0 Å². The number of carbonyl (C=O) groups excluding carboxylic acids is 1. The van der Waals surface area contributed by atoms with Crippen LogP contribution in [0.3, 0.4) is 0 Å². The summed E-state index contributed by atoms with van der Waals surface area (Å²) < 4.78 is 57.5. The van der Waals surface area contributed by atoms with Gasteiger partial charge in [0.15, 0.2) is 0 Å². The van der Waals surface area contributed by atoms with E-state index in [2.05, 4.69) is 15.9 Å². The van der Waals surface area contributed by atoms with Crippen LogP contribution in [0.4, 0.5) is 22.0 Å². The van der Waals surface area contributed by atoms with Gasteiger partial charge in [-0.05, 0) is 0 Å². The highest BCUT2D eigenvalue weighted by Crippen LogP contribution is 2.36. The first-order valence-corrected chi connectivity index (χ1v) is 3.39. The number of halogens is 6. The van der Waals surface area contributed by atoms with Gasteiger partial charge in [0.1, 0.15) is 0 Å². The second kappa shape index (κ2) is 3.04. The zero-order valence-electron chi connectivity index (χ0n) is 4.88. The molecule has 0 atom stereocenters. The molecule has 66 valence electrons. The Hall–Kier alpha value is -0.200. The topological polar surface area (TPSA) is 17.1 Å². The summed E-state index contributed by atoms with van der Waals surface area (Å²) >= 11 is 2.21. The molecule has 0 saturated heterocycles. The van der Waals surface area contributed by atoms with E-state index < -0.39 is 23.2 Å². The molecule has 7 heteroatoms. The van der Waals surface area contributed by atoms with Crippen molar-refractivity contribution < 1.29 is 26.7 Å². The summed E-state index contributed by atoms with van der Waals surface area (Å²) in [6.07, 6.45) is -5.79. The van der Waals surface area contributed by atoms with Gasteiger partial charge in [-0.2, -0.15) is 22.0 Å². The smallest absolute Gasteiger partial charge is 0.292 e. The molecular weight excluding hydrogens is 239 g/mol. The quantitative estimate of drug-likeness (QED) is 0.534. The van der Waals surface area contributed by atoms with Crippen LogP contribution in [0.5, 0.6) is 0 Å². The molecule has 0 aliphatic carbocycles. The lowest BCUT2D eigenvalue weighted by molar-refractivity contribution is -0.267. The molecule has 1 nitrogen and oxygen atoms in total. The largest absolute Gasteiger partial charge is 0.461 e. The highest BCUT2D eigenvalue weighted by atomic mass is 79.9. The van der Waals surface area contributed by atoms with Gasteiger partial charge in [-0.25, -0.2) is 0 Å². The van der Waals surface area contributed by atoms with Gasteiger partial charge in [0, 0.05) is 0 Å². The van der Waals surface area contributed by atoms with Gasteiger partial charge in [0.25, 0.3) is 0 Å². The Morgan fingerprint density at radius 3 is 1.64 bits per heavy atom. The fraction of sp³-hybridized carbons (Fsp3) is 0.750. The van der Waals surface area contributed by atoms with E-state index in [-0.39, 0.29) is 0 Å². The van der Waals surface area contributed by atoms with Gasteiger partial charge in [-0.3, -0.25) is 4.79 Å². The number of hydrogen-bond acceptors (Lipinski definition) is 1. The summed E-state index contributed by atoms with van der Waals surface area (Å²) in [7, 11) is 0. The van der Waals surface area contributed by atoms with Crippen molar-refractivity contribution in [2.45, 2.75) is 12.1 Å². The molecule has 0 aliphatic heterocycles. The molecule has 0 aromatic rings. The van der Waals surface area contributed by atoms with Gasteiger partial charge in [0.2, 0.25) is 5.78 Å². The van der Waals surface area contributed by atoms with E-state index in [0.29, 0.717) is 0 Å². The maximum atomic E-state index is 11.8. The van der Waals surface area contributed by atoms with E-state index in [0.717, 1.165) is 0 Å². The molecule has 0 amide bonds. The van der Waals surface area contributed by atoms with Gasteiger partial charge >= 0.3 is 12.1 Å². The van der Waals surface area contributed by atoms with Crippen LogP contribution in [0.25, 0.3) is 0 Å². The highest BCUT2D eigenvalue weighted by Gasteiger charge is 2.62. The maximum absolute atomic E-state index is 11.8. The summed E-state index contributed by atoms with van der Waals surface area (Å²) in [6.45, 7) is 0. The summed E-state index contributed by atoms with van der Waals surface area (Å²) in [5, 5.41) is -1.01. The Labute approximate surface area is 66.7 Å². The van der Waals surface area contributed by atoms with Crippen LogP contribution in [0.15, 0.2) is 0 Å². The third-order valence-electron chi connectivity index (χ3n) is 0.828. The van der Waals surface area contributed by atoms with Gasteiger partial charge < -0.3 is 0 Å². The minimum Gasteiger partial charge on any atom is -0.292 e. The lowest BCUT2D eigenvalue weighted by atomic mass is 10.2. The SMILES string of the molecule is O=C(CBr)C(F)(F)C(F)(F)F. The molecule has 0 heterocycles. The molecule has 0 rings (SSSR count). The van der Waals surface area contributed by atoms with Crippen molar-refractivity contribution in [2.24, 2.45) is 0 Å². The first kappa shape index (κ1) is 10.8. The Kier molecular flexibility index (Phi) is 2.98. The van der Waals surface area contributed by atoms with Gasteiger partial charge in [-0.1, -0.05) is 15.9 Å². The third-order valence-corrected chi connectivity index (χ3v) is 1.34. The van der Waals surface area contributed by atoms with Crippen molar-refractivity contribution in [3.8, 4) is 0 Å². The lowest BCUT2D eigenvalue weighted by Crippen LogP contribution is -2.44. The van der Waals surface area contributed by atoms with Gasteiger partial charge in [-0.15, -0.1) is 0 Å². The van der Waals surface area contributed by atoms with E-state index in [1.54, 1.807) is 0 Å². The zero-order valence-corrected chi connectivity index (χ0v) is 6.47. The summed E-state index contributed by atoms with van der Waals surface area (Å²) in [5.74, 6) is -7.43. The Morgan fingerprint density at radius 2 is 1.55 bits per heavy atom. The van der Waals surface area contributed by atoms with Crippen molar-refractivity contribution in [2.75, 3.05) is 5.33 Å². The number of ketones is 1. The second-order valence-electron chi connectivity index (χ2n) is 1.63. The highest BCUT2D eigenvalue weighted by molar-refractivity contribution is 9.09. The van der Waals surface area contributed by atoms with Crippen LogP contribution in [0, 0.1) is 0 Å². The Morgan fingerprint density at radius 1 is 1.18 bits per heavy atom. The molecule has 0 saturated carbocycles. The van der Waals surface area contributed by atoms with Crippen LogP contribution >= 0.6 is 15.9 Å². The number of Topliss-reactive ketones (excluding diaryl/α,β-unsaturated/α-hetero) is 1. The third kappa shape index (κ3) is 2.11. The van der Waals surface area contributed by atoms with Crippen molar-refractivity contribution in [1.82, 2.24) is 0 Å². The van der Waals surface area contributed by atoms with Crippen molar-refractivity contribution in [3.63, 3.8) is 0 Å². The Balaban J connectivity index is 4.59. The number of rotatable bonds is 2. The fourth-order valence-electron chi connectivity index (χ4n) is 0.242. The lowest BCUT2D eigenvalue weighted by Gasteiger charge is -2.16. The van der Waals surface area contributed by atoms with Crippen LogP contribution in [0.1, 0.15) is 0 Å². The van der Waals surface area contributed by atoms with Crippen molar-refractivity contribution >= 4 is 21.7 Å². The predicted molar refractivity (Wildman–Crippen MR) is 29.8 cm³/mol. The van der Waals surface area contributed by atoms with E-state index in [9.17, 15) is 26.7 Å². The molecule has 0 spiro atoms. The zero-order chi connectivity index (χ0) is 9.28. The summed E-state index contributed by atoms with van der Waals surface area (Å²) in [4.78, 5) is 9.96. The van der Waals surface area contributed by atoms with Crippen molar-refractivity contribution in [3.05, 3.63) is 0 Å². The van der Waals surface area contributed by atoms with E-state index in [1.165, 1.54) is 0 Å². The monoisotopic (exact) mass is 240 g/mol. The normalized spacial score (nSPS) is 13.3. The summed E-state index contributed by atoms with van der Waals surface area (Å²) in [5.41, 5.74) is 0. The average molecular weight is 241 g/mol. The van der Waals surface area contributed by atoms with Crippen LogP contribution in [0.2, 0.25) is 0 Å². The number of alkyl halides is 6. The molecule has 0 bridgehead atoms. The predicted octanol–water partition coefficient (Wildman–Crippen LogP) is 2.15. The van der Waals surface area contributed by atoms with Crippen LogP contribution in [-0.4, -0.2) is 23.2 Å². The Bertz CT molecular complexity index is 162. The molecule has 0 unspecified atom stereocenters. The minimum atomic E-state index is -5.79. The number of carbonyl (C=O) groups is 1. The molecular formula is C4H2BrF5O. The molecule has 0 aromatic heterocycles. The van der Waals surface area contributed by atoms with Gasteiger partial charge in [0.05, 0.1) is 5.33 Å². The van der Waals surface area contributed by atoms with Crippen LogP contribution in [-0.2, 0) is 4.79 Å². The second-order valence-corrected chi connectivity index (χ2v) is 2.19. The molecule has 11 heavy (non-hydrogen) atoms. The standard InChI is InChI=1S/C4H2BrF5O/c5-1-2(11)3(6,7)4(8,9)10/h1H2. The van der Waals surface area contributed by atoms with Crippen molar-refractivity contribution in [1.29, 1.82) is 0 Å². The average Bonchev–Trinajstić information content (AvgIpc) is 1.83. The van der Waals surface area contributed by atoms with E-state index >= 15 is 0 Å². The number of hydrogen-bond donors (Lipinski definition) is 0.